The van der Waals surface area contributed by atoms with E-state index >= 15 is 0 Å². The largest absolute Gasteiger partial charge is 0.387 e. The third-order valence-electron chi connectivity index (χ3n) is 3.15. The van der Waals surface area contributed by atoms with E-state index in [1.165, 1.54) is 0 Å². The van der Waals surface area contributed by atoms with Crippen LogP contribution in [0.15, 0.2) is 18.2 Å². The van der Waals surface area contributed by atoms with E-state index < -0.39 is 17.7 Å². The second kappa shape index (κ2) is 8.19. The van der Waals surface area contributed by atoms with Crippen LogP contribution in [0.4, 0.5) is 8.78 Å². The molecule has 0 saturated carbocycles. The van der Waals surface area contributed by atoms with Gasteiger partial charge in [-0.2, -0.15) is 0 Å². The van der Waals surface area contributed by atoms with Gasteiger partial charge in [0.2, 0.25) is 0 Å². The zero-order chi connectivity index (χ0) is 14.3. The van der Waals surface area contributed by atoms with E-state index in [1.807, 2.05) is 0 Å². The molecule has 0 aliphatic rings. The van der Waals surface area contributed by atoms with Crippen LogP contribution in [0.3, 0.4) is 0 Å². The summed E-state index contributed by atoms with van der Waals surface area (Å²) in [6.07, 6.45) is -1.03. The first-order valence-electron chi connectivity index (χ1n) is 6.64. The van der Waals surface area contributed by atoms with E-state index in [0.717, 1.165) is 37.8 Å². The lowest BCUT2D eigenvalue weighted by molar-refractivity contribution is 0.167. The van der Waals surface area contributed by atoms with E-state index in [-0.39, 0.29) is 12.1 Å². The van der Waals surface area contributed by atoms with Crippen LogP contribution in [0.2, 0.25) is 0 Å². The first-order valence-corrected chi connectivity index (χ1v) is 6.64. The standard InChI is InChI=1S/C14H22F2N2O/c1-3-18(4-2)8-7-17-10-14(19)12-9-11(15)5-6-13(12)16/h5-6,9,14,17,19H,3-4,7-8,10H2,1-2H3. The molecule has 19 heavy (non-hydrogen) atoms. The summed E-state index contributed by atoms with van der Waals surface area (Å²) in [6, 6.07) is 3.11. The lowest BCUT2D eigenvalue weighted by Crippen LogP contribution is -2.33. The Bertz CT molecular complexity index is 384. The lowest BCUT2D eigenvalue weighted by Gasteiger charge is -2.19. The summed E-state index contributed by atoms with van der Waals surface area (Å²) in [6.45, 7) is 7.89. The molecule has 0 aromatic heterocycles. The number of halogens is 2. The van der Waals surface area contributed by atoms with Crippen LogP contribution in [-0.2, 0) is 0 Å². The maximum absolute atomic E-state index is 13.4. The summed E-state index contributed by atoms with van der Waals surface area (Å²) < 4.78 is 26.4. The molecule has 2 N–H and O–H groups in total. The van der Waals surface area contributed by atoms with E-state index in [9.17, 15) is 13.9 Å². The maximum Gasteiger partial charge on any atom is 0.129 e. The molecule has 1 atom stereocenters. The molecular weight excluding hydrogens is 250 g/mol. The summed E-state index contributed by atoms with van der Waals surface area (Å²) in [5, 5.41) is 12.9. The molecule has 0 radical (unpaired) electrons. The van der Waals surface area contributed by atoms with Crippen molar-refractivity contribution in [3.05, 3.63) is 35.4 Å². The van der Waals surface area contributed by atoms with E-state index in [1.54, 1.807) is 0 Å². The van der Waals surface area contributed by atoms with Gasteiger partial charge in [0.1, 0.15) is 11.6 Å². The van der Waals surface area contributed by atoms with Gasteiger partial charge in [0, 0.05) is 25.2 Å². The monoisotopic (exact) mass is 272 g/mol. The van der Waals surface area contributed by atoms with Crippen LogP contribution >= 0.6 is 0 Å². The maximum atomic E-state index is 13.4. The van der Waals surface area contributed by atoms with E-state index in [4.69, 9.17) is 0 Å². The highest BCUT2D eigenvalue weighted by atomic mass is 19.1. The van der Waals surface area contributed by atoms with Crippen molar-refractivity contribution < 1.29 is 13.9 Å². The molecule has 0 aliphatic carbocycles. The van der Waals surface area contributed by atoms with Gasteiger partial charge in [-0.15, -0.1) is 0 Å². The van der Waals surface area contributed by atoms with Gasteiger partial charge in [-0.05, 0) is 31.3 Å². The molecule has 5 heteroatoms. The van der Waals surface area contributed by atoms with Crippen molar-refractivity contribution in [2.24, 2.45) is 0 Å². The number of nitrogens with one attached hydrogen (secondary N) is 1. The molecule has 0 aliphatic heterocycles. The Balaban J connectivity index is 2.39. The van der Waals surface area contributed by atoms with Crippen molar-refractivity contribution in [2.45, 2.75) is 20.0 Å². The lowest BCUT2D eigenvalue weighted by atomic mass is 10.1. The van der Waals surface area contributed by atoms with Crippen molar-refractivity contribution in [3.63, 3.8) is 0 Å². The number of nitrogens with zero attached hydrogens (tertiary/aromatic N) is 1. The van der Waals surface area contributed by atoms with Gasteiger partial charge in [-0.3, -0.25) is 0 Å². The highest BCUT2D eigenvalue weighted by Crippen LogP contribution is 2.17. The van der Waals surface area contributed by atoms with Gasteiger partial charge in [0.15, 0.2) is 0 Å². The summed E-state index contributed by atoms with van der Waals surface area (Å²) in [5.41, 5.74) is -0.00432. The molecule has 0 saturated heterocycles. The molecule has 0 spiro atoms. The molecule has 3 nitrogen and oxygen atoms in total. The average molecular weight is 272 g/mol. The fraction of sp³-hybridized carbons (Fsp3) is 0.571. The number of aliphatic hydroxyl groups excluding tert-OH is 1. The van der Waals surface area contributed by atoms with Gasteiger partial charge < -0.3 is 15.3 Å². The first-order chi connectivity index (χ1) is 9.08. The fourth-order valence-electron chi connectivity index (χ4n) is 1.90. The van der Waals surface area contributed by atoms with Gasteiger partial charge >= 0.3 is 0 Å². The smallest absolute Gasteiger partial charge is 0.129 e. The first kappa shape index (κ1) is 16.0. The quantitative estimate of drug-likeness (QED) is 0.710. The van der Waals surface area contributed by atoms with Crippen molar-refractivity contribution in [1.29, 1.82) is 0 Å². The minimum Gasteiger partial charge on any atom is -0.387 e. The van der Waals surface area contributed by atoms with Crippen LogP contribution in [0.25, 0.3) is 0 Å². The Morgan fingerprint density at radius 1 is 1.26 bits per heavy atom. The molecule has 1 aromatic carbocycles. The van der Waals surface area contributed by atoms with E-state index in [2.05, 4.69) is 24.1 Å². The Labute approximate surface area is 113 Å². The molecule has 1 rings (SSSR count). The zero-order valence-corrected chi connectivity index (χ0v) is 11.5. The Kier molecular flexibility index (Phi) is 6.91. The van der Waals surface area contributed by atoms with Crippen LogP contribution in [0.5, 0.6) is 0 Å². The van der Waals surface area contributed by atoms with Crippen LogP contribution in [0, 0.1) is 11.6 Å². The third-order valence-corrected chi connectivity index (χ3v) is 3.15. The zero-order valence-electron chi connectivity index (χ0n) is 11.5. The highest BCUT2D eigenvalue weighted by molar-refractivity contribution is 5.21. The summed E-state index contributed by atoms with van der Waals surface area (Å²) in [7, 11) is 0. The topological polar surface area (TPSA) is 35.5 Å². The predicted molar refractivity (Wildman–Crippen MR) is 72.0 cm³/mol. The van der Waals surface area contributed by atoms with Crippen LogP contribution in [-0.4, -0.2) is 42.7 Å². The number of benzene rings is 1. The van der Waals surface area contributed by atoms with Gasteiger partial charge in [0.25, 0.3) is 0 Å². The molecule has 108 valence electrons. The second-order valence-electron chi connectivity index (χ2n) is 4.41. The van der Waals surface area contributed by atoms with E-state index in [0.29, 0.717) is 6.54 Å². The molecule has 0 heterocycles. The molecule has 0 fully saturated rings. The van der Waals surface area contributed by atoms with Gasteiger partial charge in [-0.25, -0.2) is 8.78 Å². The van der Waals surface area contributed by atoms with Crippen molar-refractivity contribution >= 4 is 0 Å². The normalized spacial score (nSPS) is 12.9. The fourth-order valence-corrected chi connectivity index (χ4v) is 1.90. The van der Waals surface area contributed by atoms with Crippen molar-refractivity contribution in [3.8, 4) is 0 Å². The molecule has 0 bridgehead atoms. The highest BCUT2D eigenvalue weighted by Gasteiger charge is 2.13. The number of hydrogen-bond donors (Lipinski definition) is 2. The third kappa shape index (κ3) is 5.22. The number of aliphatic hydroxyl groups is 1. The average Bonchev–Trinajstić information content (AvgIpc) is 2.41. The Hall–Kier alpha value is -1.04. The minimum atomic E-state index is -1.03. The van der Waals surface area contributed by atoms with Crippen LogP contribution < -0.4 is 5.32 Å². The Morgan fingerprint density at radius 3 is 2.58 bits per heavy atom. The number of hydrogen-bond acceptors (Lipinski definition) is 3. The van der Waals surface area contributed by atoms with Crippen LogP contribution in [0.1, 0.15) is 25.5 Å². The second-order valence-corrected chi connectivity index (χ2v) is 4.41. The molecular formula is C14H22F2N2O. The number of rotatable bonds is 8. The van der Waals surface area contributed by atoms with Crippen molar-refractivity contribution in [1.82, 2.24) is 10.2 Å². The van der Waals surface area contributed by atoms with Crippen molar-refractivity contribution in [2.75, 3.05) is 32.7 Å². The minimum absolute atomic E-state index is 0.00432. The molecule has 1 aromatic rings. The summed E-state index contributed by atoms with van der Waals surface area (Å²) in [5.74, 6) is -1.13. The summed E-state index contributed by atoms with van der Waals surface area (Å²) >= 11 is 0. The molecule has 1 unspecified atom stereocenters. The Morgan fingerprint density at radius 2 is 1.95 bits per heavy atom. The predicted octanol–water partition coefficient (Wildman–Crippen LogP) is 1.93. The molecule has 0 amide bonds. The van der Waals surface area contributed by atoms with Gasteiger partial charge in [0.05, 0.1) is 6.10 Å². The summed E-state index contributed by atoms with van der Waals surface area (Å²) in [4.78, 5) is 2.24. The van der Waals surface area contributed by atoms with Gasteiger partial charge in [-0.1, -0.05) is 13.8 Å². The number of likely N-dealkylation sites (N-methyl/N-ethyl adjacent to an activating group) is 1. The SMILES string of the molecule is CCN(CC)CCNCC(O)c1cc(F)ccc1F.